The van der Waals surface area contributed by atoms with E-state index in [1.54, 1.807) is 6.26 Å². The lowest BCUT2D eigenvalue weighted by molar-refractivity contribution is 0.616. The van der Waals surface area contributed by atoms with Crippen molar-refractivity contribution >= 4 is 11.0 Å². The van der Waals surface area contributed by atoms with Gasteiger partial charge in [0.05, 0.1) is 11.4 Å². The Morgan fingerprint density at radius 2 is 2.17 bits per heavy atom. The van der Waals surface area contributed by atoms with E-state index < -0.39 is 0 Å². The quantitative estimate of drug-likeness (QED) is 0.741. The van der Waals surface area contributed by atoms with Crippen LogP contribution >= 0.6 is 0 Å². The highest BCUT2D eigenvalue weighted by molar-refractivity contribution is 5.93. The molecule has 0 radical (unpaired) electrons. The van der Waals surface area contributed by atoms with E-state index in [0.717, 1.165) is 40.0 Å². The molecule has 2 N–H and O–H groups in total. The standard InChI is InChI=1S/C14H15N3O/c1-9-12(7-15-2)16-17-14(9)11-8-18-13-6-4-3-5-10(11)13/h3-6,8,15H,7H2,1-2H3,(H,16,17). The van der Waals surface area contributed by atoms with Gasteiger partial charge in [0.15, 0.2) is 0 Å². The summed E-state index contributed by atoms with van der Waals surface area (Å²) in [4.78, 5) is 0. The van der Waals surface area contributed by atoms with Crippen LogP contribution in [0.3, 0.4) is 0 Å². The van der Waals surface area contributed by atoms with Gasteiger partial charge in [0.1, 0.15) is 11.8 Å². The lowest BCUT2D eigenvalue weighted by atomic mass is 10.1. The molecule has 3 aromatic rings. The fourth-order valence-corrected chi connectivity index (χ4v) is 2.21. The molecule has 18 heavy (non-hydrogen) atoms. The molecule has 1 aromatic carbocycles. The first-order chi connectivity index (χ1) is 8.81. The number of hydrogen-bond acceptors (Lipinski definition) is 3. The molecule has 0 saturated carbocycles. The van der Waals surface area contributed by atoms with Crippen LogP contribution in [0, 0.1) is 6.92 Å². The van der Waals surface area contributed by atoms with Crippen LogP contribution in [0.15, 0.2) is 34.9 Å². The van der Waals surface area contributed by atoms with Crippen molar-refractivity contribution in [2.24, 2.45) is 0 Å². The Labute approximate surface area is 105 Å². The second-order valence-electron chi connectivity index (χ2n) is 4.35. The first-order valence-corrected chi connectivity index (χ1v) is 5.96. The highest BCUT2D eigenvalue weighted by atomic mass is 16.3. The largest absolute Gasteiger partial charge is 0.464 e. The van der Waals surface area contributed by atoms with Gasteiger partial charge >= 0.3 is 0 Å². The molecular weight excluding hydrogens is 226 g/mol. The first-order valence-electron chi connectivity index (χ1n) is 5.96. The summed E-state index contributed by atoms with van der Waals surface area (Å²) in [6.07, 6.45) is 1.77. The monoisotopic (exact) mass is 241 g/mol. The number of H-pyrrole nitrogens is 1. The summed E-state index contributed by atoms with van der Waals surface area (Å²) in [7, 11) is 1.92. The molecule has 0 saturated heterocycles. The summed E-state index contributed by atoms with van der Waals surface area (Å²) in [5.74, 6) is 0. The van der Waals surface area contributed by atoms with Crippen LogP contribution in [0.1, 0.15) is 11.3 Å². The number of aromatic amines is 1. The minimum atomic E-state index is 0.786. The van der Waals surface area contributed by atoms with Gasteiger partial charge in [-0.15, -0.1) is 0 Å². The van der Waals surface area contributed by atoms with Crippen LogP contribution in [0.25, 0.3) is 22.2 Å². The van der Waals surface area contributed by atoms with Gasteiger partial charge < -0.3 is 9.73 Å². The SMILES string of the molecule is CNCc1[nH]nc(-c2coc3ccccc23)c1C. The maximum atomic E-state index is 5.56. The molecule has 0 bridgehead atoms. The third kappa shape index (κ3) is 1.62. The zero-order valence-electron chi connectivity index (χ0n) is 10.4. The van der Waals surface area contributed by atoms with Crippen molar-refractivity contribution in [3.63, 3.8) is 0 Å². The first kappa shape index (κ1) is 11.0. The molecule has 2 heterocycles. The molecule has 2 aromatic heterocycles. The number of nitrogens with one attached hydrogen (secondary N) is 2. The molecular formula is C14H15N3O. The Hall–Kier alpha value is -2.07. The molecule has 3 rings (SSSR count). The maximum absolute atomic E-state index is 5.56. The van der Waals surface area contributed by atoms with E-state index in [1.807, 2.05) is 25.2 Å². The van der Waals surface area contributed by atoms with E-state index in [1.165, 1.54) is 0 Å². The third-order valence-corrected chi connectivity index (χ3v) is 3.20. The fourth-order valence-electron chi connectivity index (χ4n) is 2.21. The van der Waals surface area contributed by atoms with Crippen molar-refractivity contribution < 1.29 is 4.42 Å². The number of furan rings is 1. The van der Waals surface area contributed by atoms with Crippen molar-refractivity contribution in [2.75, 3.05) is 7.05 Å². The summed E-state index contributed by atoms with van der Waals surface area (Å²) < 4.78 is 5.56. The predicted molar refractivity (Wildman–Crippen MR) is 71.3 cm³/mol. The number of hydrogen-bond donors (Lipinski definition) is 2. The van der Waals surface area contributed by atoms with E-state index in [9.17, 15) is 0 Å². The van der Waals surface area contributed by atoms with Gasteiger partial charge in [0.2, 0.25) is 0 Å². The van der Waals surface area contributed by atoms with Gasteiger partial charge in [-0.3, -0.25) is 5.10 Å². The van der Waals surface area contributed by atoms with Gasteiger partial charge in [0, 0.05) is 17.5 Å². The minimum Gasteiger partial charge on any atom is -0.464 e. The lowest BCUT2D eigenvalue weighted by Gasteiger charge is -1.98. The molecule has 4 nitrogen and oxygen atoms in total. The molecule has 0 atom stereocenters. The molecule has 0 amide bonds. The van der Waals surface area contributed by atoms with E-state index in [0.29, 0.717) is 0 Å². The van der Waals surface area contributed by atoms with Crippen molar-refractivity contribution in [3.05, 3.63) is 41.8 Å². The van der Waals surface area contributed by atoms with E-state index in [-0.39, 0.29) is 0 Å². The third-order valence-electron chi connectivity index (χ3n) is 3.20. The number of aromatic nitrogens is 2. The zero-order valence-corrected chi connectivity index (χ0v) is 10.4. The number of benzene rings is 1. The zero-order chi connectivity index (χ0) is 12.5. The Morgan fingerprint density at radius 3 is 3.00 bits per heavy atom. The number of nitrogens with zero attached hydrogens (tertiary/aromatic N) is 1. The molecule has 92 valence electrons. The van der Waals surface area contributed by atoms with E-state index in [2.05, 4.69) is 28.5 Å². The van der Waals surface area contributed by atoms with E-state index >= 15 is 0 Å². The molecule has 0 unspecified atom stereocenters. The Morgan fingerprint density at radius 1 is 1.33 bits per heavy atom. The topological polar surface area (TPSA) is 53.9 Å². The highest BCUT2D eigenvalue weighted by Crippen LogP contribution is 2.31. The highest BCUT2D eigenvalue weighted by Gasteiger charge is 2.14. The number of fused-ring (bicyclic) bond motifs is 1. The van der Waals surface area contributed by atoms with Crippen molar-refractivity contribution in [1.29, 1.82) is 0 Å². The Bertz CT molecular complexity index is 681. The summed E-state index contributed by atoms with van der Waals surface area (Å²) in [5.41, 5.74) is 5.17. The number of rotatable bonds is 3. The van der Waals surface area contributed by atoms with Gasteiger partial charge in [-0.05, 0) is 25.6 Å². The maximum Gasteiger partial charge on any atom is 0.134 e. The predicted octanol–water partition coefficient (Wildman–Crippen LogP) is 2.85. The molecule has 0 fully saturated rings. The second-order valence-corrected chi connectivity index (χ2v) is 4.35. The lowest BCUT2D eigenvalue weighted by Crippen LogP contribution is -2.06. The Kier molecular flexibility index (Phi) is 2.64. The molecule has 4 heteroatoms. The molecule has 0 spiro atoms. The van der Waals surface area contributed by atoms with Crippen LogP contribution in [-0.2, 0) is 6.54 Å². The van der Waals surface area contributed by atoms with Crippen molar-refractivity contribution in [3.8, 4) is 11.3 Å². The smallest absolute Gasteiger partial charge is 0.134 e. The summed E-state index contributed by atoms with van der Waals surface area (Å²) in [6.45, 7) is 2.86. The minimum absolute atomic E-state index is 0.786. The van der Waals surface area contributed by atoms with Crippen molar-refractivity contribution in [2.45, 2.75) is 13.5 Å². The van der Waals surface area contributed by atoms with Gasteiger partial charge in [-0.2, -0.15) is 5.10 Å². The fraction of sp³-hybridized carbons (Fsp3) is 0.214. The molecule has 0 aliphatic heterocycles. The molecule has 0 aliphatic rings. The Balaban J connectivity index is 2.15. The average molecular weight is 241 g/mol. The second kappa shape index (κ2) is 4.31. The van der Waals surface area contributed by atoms with E-state index in [4.69, 9.17) is 4.42 Å². The summed E-state index contributed by atoms with van der Waals surface area (Å²) in [6, 6.07) is 8.01. The average Bonchev–Trinajstić information content (AvgIpc) is 2.95. The number of para-hydroxylation sites is 1. The molecule has 0 aliphatic carbocycles. The van der Waals surface area contributed by atoms with Crippen molar-refractivity contribution in [1.82, 2.24) is 15.5 Å². The van der Waals surface area contributed by atoms with Crippen LogP contribution in [0.2, 0.25) is 0 Å². The van der Waals surface area contributed by atoms with Gasteiger partial charge in [-0.1, -0.05) is 18.2 Å². The van der Waals surface area contributed by atoms with Gasteiger partial charge in [-0.25, -0.2) is 0 Å². The van der Waals surface area contributed by atoms with Crippen LogP contribution in [0.5, 0.6) is 0 Å². The normalized spacial score (nSPS) is 11.2. The summed E-state index contributed by atoms with van der Waals surface area (Å²) >= 11 is 0. The van der Waals surface area contributed by atoms with Crippen LogP contribution < -0.4 is 5.32 Å². The summed E-state index contributed by atoms with van der Waals surface area (Å²) in [5, 5.41) is 11.7. The van der Waals surface area contributed by atoms with Crippen LogP contribution in [0.4, 0.5) is 0 Å². The van der Waals surface area contributed by atoms with Gasteiger partial charge in [0.25, 0.3) is 0 Å². The van der Waals surface area contributed by atoms with Crippen LogP contribution in [-0.4, -0.2) is 17.2 Å².